The molecule has 0 radical (unpaired) electrons. The molecule has 1 aromatic carbocycles. The third-order valence-corrected chi connectivity index (χ3v) is 3.02. The number of benzene rings is 1. The van der Waals surface area contributed by atoms with Crippen LogP contribution in [-0.2, 0) is 11.3 Å². The van der Waals surface area contributed by atoms with E-state index >= 15 is 0 Å². The fourth-order valence-corrected chi connectivity index (χ4v) is 2.00. The normalized spacial score (nSPS) is 10.7. The molecule has 0 atom stereocenters. The summed E-state index contributed by atoms with van der Waals surface area (Å²) in [5, 5.41) is 32.0. The molecule has 7 nitrogen and oxygen atoms in total. The van der Waals surface area contributed by atoms with Crippen molar-refractivity contribution in [2.75, 3.05) is 12.5 Å². The van der Waals surface area contributed by atoms with Crippen LogP contribution in [0.3, 0.4) is 0 Å². The molecule has 0 unspecified atom stereocenters. The molecule has 0 aliphatic carbocycles. The Morgan fingerprint density at radius 1 is 1.35 bits per heavy atom. The Kier molecular flexibility index (Phi) is 5.12. The summed E-state index contributed by atoms with van der Waals surface area (Å²) >= 11 is 0. The van der Waals surface area contributed by atoms with Gasteiger partial charge in [-0.2, -0.15) is 10.4 Å². The van der Waals surface area contributed by atoms with Crippen LogP contribution in [0.2, 0.25) is 0 Å². The van der Waals surface area contributed by atoms with Crippen LogP contribution in [0.1, 0.15) is 22.4 Å². The van der Waals surface area contributed by atoms with Crippen molar-refractivity contribution in [2.24, 2.45) is 5.10 Å². The number of anilines is 1. The Bertz CT molecular complexity index is 782. The maximum absolute atomic E-state index is 9.43. The number of methoxy groups -OCH3 is 1. The zero-order chi connectivity index (χ0) is 16.8. The summed E-state index contributed by atoms with van der Waals surface area (Å²) in [6.07, 6.45) is 1.44. The predicted molar refractivity (Wildman–Crippen MR) is 85.4 cm³/mol. The number of rotatable bonds is 5. The van der Waals surface area contributed by atoms with Gasteiger partial charge in [0.05, 0.1) is 12.8 Å². The molecule has 0 aliphatic heterocycles. The number of hydrogen-bond acceptors (Lipinski definition) is 7. The zero-order valence-corrected chi connectivity index (χ0v) is 12.7. The lowest BCUT2D eigenvalue weighted by Crippen LogP contribution is -2.03. The summed E-state index contributed by atoms with van der Waals surface area (Å²) < 4.78 is 5.08. The number of pyridine rings is 1. The molecule has 3 N–H and O–H groups in total. The Labute approximate surface area is 133 Å². The van der Waals surface area contributed by atoms with E-state index in [0.717, 1.165) is 11.3 Å². The Morgan fingerprint density at radius 3 is 2.78 bits per heavy atom. The lowest BCUT2D eigenvalue weighted by molar-refractivity contribution is 0.184. The summed E-state index contributed by atoms with van der Waals surface area (Å²) in [5.41, 5.74) is 5.12. The monoisotopic (exact) mass is 312 g/mol. The minimum atomic E-state index is -0.234. The van der Waals surface area contributed by atoms with Gasteiger partial charge in [0.25, 0.3) is 0 Å². The van der Waals surface area contributed by atoms with Gasteiger partial charge in [0.1, 0.15) is 11.6 Å². The van der Waals surface area contributed by atoms with Crippen LogP contribution in [-0.4, -0.2) is 28.5 Å². The van der Waals surface area contributed by atoms with E-state index in [1.165, 1.54) is 18.3 Å². The molecule has 23 heavy (non-hydrogen) atoms. The summed E-state index contributed by atoms with van der Waals surface area (Å²) in [6, 6.07) is 8.19. The summed E-state index contributed by atoms with van der Waals surface area (Å²) in [6.45, 7) is 2.11. The average Bonchev–Trinajstić information content (AvgIpc) is 2.51. The SMILES string of the molecule is COCc1cc(C)nc(N/N=C/c2ccc(O)c(O)c2)c1C#N. The minimum Gasteiger partial charge on any atom is -0.504 e. The van der Waals surface area contributed by atoms with E-state index < -0.39 is 0 Å². The number of hydrogen-bond donors (Lipinski definition) is 3. The van der Waals surface area contributed by atoms with Crippen LogP contribution in [0.15, 0.2) is 29.4 Å². The van der Waals surface area contributed by atoms with Gasteiger partial charge < -0.3 is 14.9 Å². The highest BCUT2D eigenvalue weighted by atomic mass is 16.5. The maximum atomic E-state index is 9.43. The van der Waals surface area contributed by atoms with Crippen LogP contribution in [0.4, 0.5) is 5.82 Å². The molecule has 1 heterocycles. The number of ether oxygens (including phenoxy) is 1. The van der Waals surface area contributed by atoms with Gasteiger partial charge in [0.15, 0.2) is 17.3 Å². The van der Waals surface area contributed by atoms with E-state index in [9.17, 15) is 15.5 Å². The highest BCUT2D eigenvalue weighted by molar-refractivity contribution is 5.81. The van der Waals surface area contributed by atoms with E-state index in [2.05, 4.69) is 21.6 Å². The van der Waals surface area contributed by atoms with Gasteiger partial charge >= 0.3 is 0 Å². The first-order valence-corrected chi connectivity index (χ1v) is 6.75. The number of aryl methyl sites for hydroxylation is 1. The highest BCUT2D eigenvalue weighted by Crippen LogP contribution is 2.24. The number of nitriles is 1. The molecule has 0 aliphatic rings. The van der Waals surface area contributed by atoms with Crippen LogP contribution in [0, 0.1) is 18.3 Å². The van der Waals surface area contributed by atoms with Crippen molar-refractivity contribution in [3.63, 3.8) is 0 Å². The van der Waals surface area contributed by atoms with Crippen molar-refractivity contribution >= 4 is 12.0 Å². The molecule has 0 bridgehead atoms. The first-order chi connectivity index (χ1) is 11.0. The molecular formula is C16H16N4O3. The molecule has 0 fully saturated rings. The van der Waals surface area contributed by atoms with Gasteiger partial charge in [-0.1, -0.05) is 0 Å². The lowest BCUT2D eigenvalue weighted by atomic mass is 10.1. The van der Waals surface area contributed by atoms with Crippen LogP contribution < -0.4 is 5.43 Å². The Morgan fingerprint density at radius 2 is 2.13 bits per heavy atom. The number of nitrogens with zero attached hydrogens (tertiary/aromatic N) is 3. The zero-order valence-electron chi connectivity index (χ0n) is 12.7. The molecule has 0 spiro atoms. The number of phenols is 2. The van der Waals surface area contributed by atoms with E-state index in [1.807, 2.05) is 6.92 Å². The van der Waals surface area contributed by atoms with Crippen LogP contribution in [0.25, 0.3) is 0 Å². The van der Waals surface area contributed by atoms with E-state index in [4.69, 9.17) is 4.74 Å². The maximum Gasteiger partial charge on any atom is 0.164 e. The second-order valence-electron chi connectivity index (χ2n) is 4.81. The molecule has 118 valence electrons. The molecule has 0 saturated carbocycles. The largest absolute Gasteiger partial charge is 0.504 e. The molecule has 2 rings (SSSR count). The van der Waals surface area contributed by atoms with Gasteiger partial charge in [-0.3, -0.25) is 5.43 Å². The first-order valence-electron chi connectivity index (χ1n) is 6.75. The third kappa shape index (κ3) is 3.96. The molecule has 0 saturated heterocycles. The summed E-state index contributed by atoms with van der Waals surface area (Å²) in [7, 11) is 1.56. The number of nitrogens with one attached hydrogen (secondary N) is 1. The Balaban J connectivity index is 2.24. The topological polar surface area (TPSA) is 111 Å². The van der Waals surface area contributed by atoms with Crippen molar-refractivity contribution < 1.29 is 14.9 Å². The lowest BCUT2D eigenvalue weighted by Gasteiger charge is -2.09. The smallest absolute Gasteiger partial charge is 0.164 e. The minimum absolute atomic E-state index is 0.202. The predicted octanol–water partition coefficient (Wildman–Crippen LogP) is 2.27. The van der Waals surface area contributed by atoms with Gasteiger partial charge in [0, 0.05) is 18.4 Å². The summed E-state index contributed by atoms with van der Waals surface area (Å²) in [4.78, 5) is 4.26. The molecular weight excluding hydrogens is 296 g/mol. The van der Waals surface area contributed by atoms with Gasteiger partial charge in [-0.05, 0) is 36.8 Å². The average molecular weight is 312 g/mol. The molecule has 1 aromatic heterocycles. The second kappa shape index (κ2) is 7.24. The molecule has 7 heteroatoms. The number of aromatic nitrogens is 1. The Hall–Kier alpha value is -3.11. The van der Waals surface area contributed by atoms with Crippen LogP contribution in [0.5, 0.6) is 11.5 Å². The summed E-state index contributed by atoms with van der Waals surface area (Å²) in [5.74, 6) is -0.104. The fraction of sp³-hybridized carbons (Fsp3) is 0.188. The van der Waals surface area contributed by atoms with Gasteiger partial charge in [-0.25, -0.2) is 4.98 Å². The van der Waals surface area contributed by atoms with Crippen molar-refractivity contribution in [3.05, 3.63) is 46.6 Å². The third-order valence-electron chi connectivity index (χ3n) is 3.02. The van der Waals surface area contributed by atoms with Crippen molar-refractivity contribution in [2.45, 2.75) is 13.5 Å². The van der Waals surface area contributed by atoms with E-state index in [0.29, 0.717) is 23.6 Å². The van der Waals surface area contributed by atoms with Crippen molar-refractivity contribution in [3.8, 4) is 17.6 Å². The number of aromatic hydroxyl groups is 2. The number of phenolic OH excluding ortho intramolecular Hbond substituents is 2. The van der Waals surface area contributed by atoms with Gasteiger partial charge in [-0.15, -0.1) is 0 Å². The van der Waals surface area contributed by atoms with Gasteiger partial charge in [0.2, 0.25) is 0 Å². The first kappa shape index (κ1) is 16.3. The standard InChI is InChI=1S/C16H16N4O3/c1-10-5-12(9-23-2)13(7-17)16(19-10)20-18-8-11-3-4-14(21)15(22)6-11/h3-6,8,21-22H,9H2,1-2H3,(H,19,20)/b18-8+. The van der Waals surface area contributed by atoms with Crippen molar-refractivity contribution in [1.82, 2.24) is 4.98 Å². The highest BCUT2D eigenvalue weighted by Gasteiger charge is 2.10. The molecule has 2 aromatic rings. The van der Waals surface area contributed by atoms with Crippen LogP contribution >= 0.6 is 0 Å². The fourth-order valence-electron chi connectivity index (χ4n) is 2.00. The van der Waals surface area contributed by atoms with E-state index in [1.54, 1.807) is 19.2 Å². The molecule has 0 amide bonds. The quantitative estimate of drug-likeness (QED) is 0.444. The number of hydrazone groups is 1. The van der Waals surface area contributed by atoms with Crippen molar-refractivity contribution in [1.29, 1.82) is 5.26 Å². The second-order valence-corrected chi connectivity index (χ2v) is 4.81. The van der Waals surface area contributed by atoms with E-state index in [-0.39, 0.29) is 11.5 Å².